The third-order valence-electron chi connectivity index (χ3n) is 2.56. The number of hydrogen-bond acceptors (Lipinski definition) is 2. The summed E-state index contributed by atoms with van der Waals surface area (Å²) in [6, 6.07) is 7.56. The highest BCUT2D eigenvalue weighted by Crippen LogP contribution is 2.25. The molecule has 0 atom stereocenters. The van der Waals surface area contributed by atoms with Gasteiger partial charge in [0.1, 0.15) is 5.75 Å². The number of carboxylic acid groups (broad SMARTS) is 1. The number of benzene rings is 1. The van der Waals surface area contributed by atoms with E-state index in [1.807, 2.05) is 38.1 Å². The normalized spacial score (nSPS) is 11.7. The fourth-order valence-corrected chi connectivity index (χ4v) is 1.68. The van der Waals surface area contributed by atoms with Crippen molar-refractivity contribution in [2.45, 2.75) is 27.2 Å². The van der Waals surface area contributed by atoms with Gasteiger partial charge in [-0.3, -0.25) is 0 Å². The number of allylic oxidation sites excluding steroid dienone is 1. The molecular formula is C15H20O3. The van der Waals surface area contributed by atoms with Crippen molar-refractivity contribution in [3.05, 3.63) is 35.9 Å². The minimum atomic E-state index is -0.912. The van der Waals surface area contributed by atoms with E-state index in [4.69, 9.17) is 9.84 Å². The quantitative estimate of drug-likeness (QED) is 0.782. The maximum atomic E-state index is 10.8. The van der Waals surface area contributed by atoms with Gasteiger partial charge in [0.15, 0.2) is 0 Å². The molecule has 3 nitrogen and oxygen atoms in total. The molecular weight excluding hydrogens is 228 g/mol. The van der Waals surface area contributed by atoms with Gasteiger partial charge in [0.25, 0.3) is 0 Å². The van der Waals surface area contributed by atoms with E-state index in [0.29, 0.717) is 6.61 Å². The highest BCUT2D eigenvalue weighted by atomic mass is 16.5. The van der Waals surface area contributed by atoms with Gasteiger partial charge >= 0.3 is 5.97 Å². The summed E-state index contributed by atoms with van der Waals surface area (Å²) in [5, 5.41) is 8.86. The van der Waals surface area contributed by atoms with Gasteiger partial charge in [0.05, 0.1) is 6.61 Å². The summed E-state index contributed by atoms with van der Waals surface area (Å²) in [5.41, 5.74) is 1.75. The van der Waals surface area contributed by atoms with Gasteiger partial charge in [0, 0.05) is 6.08 Å². The lowest BCUT2D eigenvalue weighted by molar-refractivity contribution is -0.131. The third kappa shape index (κ3) is 4.24. The van der Waals surface area contributed by atoms with E-state index < -0.39 is 5.97 Å². The summed E-state index contributed by atoms with van der Waals surface area (Å²) >= 11 is 0. The average molecular weight is 248 g/mol. The summed E-state index contributed by atoms with van der Waals surface area (Å²) in [6.45, 7) is 6.72. The maximum Gasteiger partial charge on any atom is 0.328 e. The Hall–Kier alpha value is -1.77. The molecule has 1 rings (SSSR count). The Labute approximate surface area is 108 Å². The molecule has 0 amide bonds. The fraction of sp³-hybridized carbons (Fsp3) is 0.400. The van der Waals surface area contributed by atoms with Crippen molar-refractivity contribution < 1.29 is 14.6 Å². The molecule has 98 valence electrons. The topological polar surface area (TPSA) is 46.5 Å². The summed E-state index contributed by atoms with van der Waals surface area (Å²) < 4.78 is 5.50. The molecule has 0 aromatic heterocycles. The van der Waals surface area contributed by atoms with Crippen LogP contribution in [0.2, 0.25) is 0 Å². The number of carboxylic acids is 1. The first-order chi connectivity index (χ1) is 8.54. The Kier molecular flexibility index (Phi) is 5.43. The van der Waals surface area contributed by atoms with Crippen molar-refractivity contribution >= 4 is 11.5 Å². The Morgan fingerprint density at radius 2 is 1.94 bits per heavy atom. The van der Waals surface area contributed by atoms with Crippen LogP contribution in [-0.2, 0) is 4.79 Å². The van der Waals surface area contributed by atoms with Gasteiger partial charge in [-0.25, -0.2) is 4.79 Å². The van der Waals surface area contributed by atoms with Gasteiger partial charge in [-0.15, -0.1) is 0 Å². The van der Waals surface area contributed by atoms with Crippen LogP contribution in [0.3, 0.4) is 0 Å². The Morgan fingerprint density at radius 3 is 2.39 bits per heavy atom. The second-order valence-electron chi connectivity index (χ2n) is 4.47. The molecule has 1 aromatic carbocycles. The van der Waals surface area contributed by atoms with Crippen LogP contribution in [0.4, 0.5) is 0 Å². The van der Waals surface area contributed by atoms with Crippen LogP contribution in [0.5, 0.6) is 5.75 Å². The Morgan fingerprint density at radius 1 is 1.33 bits per heavy atom. The first kappa shape index (κ1) is 14.3. The standard InChI is InChI=1S/C15H20O3/c1-4-9-18-13-7-5-12(6-8-13)14(11(2)3)10-15(16)17/h5-8,10-11H,4,9H2,1-3H3,(H,16,17)/b14-10+. The van der Waals surface area contributed by atoms with E-state index in [2.05, 4.69) is 6.92 Å². The molecule has 0 aliphatic rings. The zero-order valence-electron chi connectivity index (χ0n) is 11.1. The number of carbonyl (C=O) groups is 1. The first-order valence-corrected chi connectivity index (χ1v) is 6.22. The highest BCUT2D eigenvalue weighted by molar-refractivity contribution is 5.90. The van der Waals surface area contributed by atoms with Crippen molar-refractivity contribution in [1.29, 1.82) is 0 Å². The summed E-state index contributed by atoms with van der Waals surface area (Å²) in [7, 11) is 0. The minimum absolute atomic E-state index is 0.170. The third-order valence-corrected chi connectivity index (χ3v) is 2.56. The van der Waals surface area contributed by atoms with Gasteiger partial charge in [-0.05, 0) is 35.6 Å². The molecule has 0 heterocycles. The predicted molar refractivity (Wildman–Crippen MR) is 72.7 cm³/mol. The molecule has 0 fully saturated rings. The van der Waals surface area contributed by atoms with E-state index in [1.54, 1.807) is 0 Å². The summed E-state index contributed by atoms with van der Waals surface area (Å²) in [6.07, 6.45) is 2.24. The second-order valence-corrected chi connectivity index (χ2v) is 4.47. The highest BCUT2D eigenvalue weighted by Gasteiger charge is 2.08. The summed E-state index contributed by atoms with van der Waals surface area (Å²) in [5.74, 6) is 0.0764. The lowest BCUT2D eigenvalue weighted by Crippen LogP contribution is -1.99. The molecule has 0 radical (unpaired) electrons. The van der Waals surface area contributed by atoms with E-state index in [-0.39, 0.29) is 5.92 Å². The van der Waals surface area contributed by atoms with Crippen LogP contribution in [-0.4, -0.2) is 17.7 Å². The van der Waals surface area contributed by atoms with Crippen LogP contribution in [0.1, 0.15) is 32.8 Å². The maximum absolute atomic E-state index is 10.8. The molecule has 1 N–H and O–H groups in total. The van der Waals surface area contributed by atoms with Crippen LogP contribution in [0.15, 0.2) is 30.3 Å². The van der Waals surface area contributed by atoms with Gasteiger partial charge < -0.3 is 9.84 Å². The SMILES string of the molecule is CCCOc1ccc(/C(=C/C(=O)O)C(C)C)cc1. The van der Waals surface area contributed by atoms with E-state index in [1.165, 1.54) is 6.08 Å². The lowest BCUT2D eigenvalue weighted by atomic mass is 9.95. The van der Waals surface area contributed by atoms with E-state index >= 15 is 0 Å². The number of aliphatic carboxylic acids is 1. The number of ether oxygens (including phenoxy) is 1. The molecule has 3 heteroatoms. The van der Waals surface area contributed by atoms with Gasteiger partial charge in [-0.2, -0.15) is 0 Å². The number of hydrogen-bond donors (Lipinski definition) is 1. The molecule has 0 saturated heterocycles. The van der Waals surface area contributed by atoms with Crippen LogP contribution < -0.4 is 4.74 Å². The smallest absolute Gasteiger partial charge is 0.328 e. The van der Waals surface area contributed by atoms with Gasteiger partial charge in [0.2, 0.25) is 0 Å². The molecule has 1 aromatic rings. The van der Waals surface area contributed by atoms with E-state index in [9.17, 15) is 4.79 Å². The Balaban J connectivity index is 2.91. The van der Waals surface area contributed by atoms with Crippen LogP contribution in [0.25, 0.3) is 5.57 Å². The molecule has 0 spiro atoms. The number of rotatable bonds is 6. The van der Waals surface area contributed by atoms with Crippen molar-refractivity contribution in [2.24, 2.45) is 5.92 Å². The molecule has 0 aliphatic carbocycles. The molecule has 0 bridgehead atoms. The zero-order valence-corrected chi connectivity index (χ0v) is 11.1. The zero-order chi connectivity index (χ0) is 13.5. The minimum Gasteiger partial charge on any atom is -0.494 e. The van der Waals surface area contributed by atoms with Crippen LogP contribution >= 0.6 is 0 Å². The van der Waals surface area contributed by atoms with Gasteiger partial charge in [-0.1, -0.05) is 32.9 Å². The van der Waals surface area contributed by atoms with Crippen LogP contribution in [0, 0.1) is 5.92 Å². The molecule has 18 heavy (non-hydrogen) atoms. The molecule has 0 unspecified atom stereocenters. The van der Waals surface area contributed by atoms with Crippen molar-refractivity contribution in [3.8, 4) is 5.75 Å². The lowest BCUT2D eigenvalue weighted by Gasteiger charge is -2.12. The Bertz CT molecular complexity index is 416. The van der Waals surface area contributed by atoms with E-state index in [0.717, 1.165) is 23.3 Å². The summed E-state index contributed by atoms with van der Waals surface area (Å²) in [4.78, 5) is 10.8. The largest absolute Gasteiger partial charge is 0.494 e. The molecule has 0 aliphatic heterocycles. The average Bonchev–Trinajstić information content (AvgIpc) is 2.34. The van der Waals surface area contributed by atoms with Crippen molar-refractivity contribution in [1.82, 2.24) is 0 Å². The van der Waals surface area contributed by atoms with Crippen molar-refractivity contribution in [3.63, 3.8) is 0 Å². The first-order valence-electron chi connectivity index (χ1n) is 6.22. The predicted octanol–water partition coefficient (Wildman–Crippen LogP) is 3.60. The second kappa shape index (κ2) is 6.84. The van der Waals surface area contributed by atoms with Crippen molar-refractivity contribution in [2.75, 3.05) is 6.61 Å². The monoisotopic (exact) mass is 248 g/mol. The molecule has 0 saturated carbocycles. The fourth-order valence-electron chi connectivity index (χ4n) is 1.68.